The van der Waals surface area contributed by atoms with Crippen LogP contribution < -0.4 is 5.32 Å². The molecule has 14 heteroatoms. The van der Waals surface area contributed by atoms with Crippen LogP contribution in [0.5, 0.6) is 0 Å². The summed E-state index contributed by atoms with van der Waals surface area (Å²) in [6.07, 6.45) is 13.0. The Bertz CT molecular complexity index is 1020. The Kier molecular flexibility index (Phi) is 28.7. The monoisotopic (exact) mass is 820 g/mol. The first-order valence-electron chi connectivity index (χ1n) is 22.4. The highest BCUT2D eigenvalue weighted by Gasteiger charge is 2.50. The number of amides is 1. The van der Waals surface area contributed by atoms with E-state index in [4.69, 9.17) is 18.9 Å². The van der Waals surface area contributed by atoms with Gasteiger partial charge < -0.3 is 65.1 Å². The highest BCUT2D eigenvalue weighted by atomic mass is 16.7. The smallest absolute Gasteiger partial charge is 0.220 e. The van der Waals surface area contributed by atoms with E-state index in [2.05, 4.69) is 19.2 Å². The maximum atomic E-state index is 12.9. The zero-order chi connectivity index (χ0) is 41.8. The molecule has 2 fully saturated rings. The molecule has 0 aromatic heterocycles. The van der Waals surface area contributed by atoms with Gasteiger partial charge in [0.25, 0.3) is 0 Å². The second-order valence-corrected chi connectivity index (χ2v) is 16.2. The fourth-order valence-electron chi connectivity index (χ4n) is 7.47. The van der Waals surface area contributed by atoms with E-state index >= 15 is 0 Å². The van der Waals surface area contributed by atoms with Gasteiger partial charge in [-0.3, -0.25) is 4.79 Å². The first-order valence-corrected chi connectivity index (χ1v) is 22.4. The van der Waals surface area contributed by atoms with Gasteiger partial charge in [-0.1, -0.05) is 148 Å². The molecule has 2 saturated heterocycles. The third-order valence-corrected chi connectivity index (χ3v) is 11.2. The number of unbranched alkanes of at least 4 members (excludes halogenated alkanes) is 20. The lowest BCUT2D eigenvalue weighted by Crippen LogP contribution is -2.65. The van der Waals surface area contributed by atoms with Gasteiger partial charge in [0.05, 0.1) is 32.0 Å². The molecule has 0 bridgehead atoms. The Morgan fingerprint density at radius 3 is 1.61 bits per heavy atom. The summed E-state index contributed by atoms with van der Waals surface area (Å²) in [6.45, 7) is 2.69. The molecule has 0 radical (unpaired) electrons. The quantitative estimate of drug-likeness (QED) is 0.0337. The fraction of sp³-hybridized carbons (Fsp3) is 0.930. The summed E-state index contributed by atoms with van der Waals surface area (Å²) in [5.74, 6) is -0.250. The van der Waals surface area contributed by atoms with Crippen LogP contribution in [0.3, 0.4) is 0 Å². The Labute approximate surface area is 342 Å². The number of aliphatic hydroxyl groups excluding tert-OH is 8. The average molecular weight is 820 g/mol. The average Bonchev–Trinajstić information content (AvgIpc) is 3.21. The summed E-state index contributed by atoms with van der Waals surface area (Å²) < 4.78 is 22.5. The predicted molar refractivity (Wildman–Crippen MR) is 217 cm³/mol. The van der Waals surface area contributed by atoms with Crippen LogP contribution in [0, 0.1) is 0 Å². The largest absolute Gasteiger partial charge is 0.394 e. The predicted octanol–water partition coefficient (Wildman–Crippen LogP) is 4.04. The van der Waals surface area contributed by atoms with Crippen LogP contribution in [-0.2, 0) is 23.7 Å². The molecule has 2 rings (SSSR count). The van der Waals surface area contributed by atoms with Crippen molar-refractivity contribution in [1.82, 2.24) is 5.32 Å². The molecule has 0 aromatic carbocycles. The van der Waals surface area contributed by atoms with Gasteiger partial charge in [0.2, 0.25) is 5.91 Å². The van der Waals surface area contributed by atoms with Crippen molar-refractivity contribution in [2.45, 2.75) is 235 Å². The van der Waals surface area contributed by atoms with E-state index in [0.717, 1.165) is 51.4 Å². The third kappa shape index (κ3) is 20.2. The van der Waals surface area contributed by atoms with Crippen molar-refractivity contribution < 1.29 is 64.6 Å². The van der Waals surface area contributed by atoms with Gasteiger partial charge in [0, 0.05) is 6.42 Å². The second kappa shape index (κ2) is 31.6. The van der Waals surface area contributed by atoms with E-state index in [9.17, 15) is 45.6 Å². The topological polar surface area (TPSA) is 228 Å². The number of aliphatic hydroxyl groups is 8. The molecule has 9 N–H and O–H groups in total. The van der Waals surface area contributed by atoms with E-state index in [1.165, 1.54) is 83.5 Å². The van der Waals surface area contributed by atoms with Crippen molar-refractivity contribution in [1.29, 1.82) is 0 Å². The lowest BCUT2D eigenvalue weighted by atomic mass is 9.97. The zero-order valence-electron chi connectivity index (χ0n) is 35.1. The number of carbonyl (C=O) groups excluding carboxylic acids is 1. The molecule has 1 amide bonds. The Balaban J connectivity index is 1.86. The molecule has 2 heterocycles. The molecule has 2 aliphatic heterocycles. The second-order valence-electron chi connectivity index (χ2n) is 16.2. The van der Waals surface area contributed by atoms with Crippen molar-refractivity contribution in [2.24, 2.45) is 0 Å². The number of hydrogen-bond acceptors (Lipinski definition) is 13. The molecule has 14 nitrogen and oxygen atoms in total. The van der Waals surface area contributed by atoms with Crippen molar-refractivity contribution in [3.05, 3.63) is 12.2 Å². The minimum Gasteiger partial charge on any atom is -0.394 e. The third-order valence-electron chi connectivity index (χ3n) is 11.2. The molecule has 57 heavy (non-hydrogen) atoms. The SMILES string of the molecule is CCCCCCCCCCCCCCCCC/C=C/C(O)C(COC1OC(CO)C(OC2OC(CO)C(O)C(O)C2O)C(O)C1O)NC(=O)CCCCCCCC. The summed E-state index contributed by atoms with van der Waals surface area (Å²) >= 11 is 0. The number of nitrogens with one attached hydrogen (secondary N) is 1. The van der Waals surface area contributed by atoms with Gasteiger partial charge in [-0.25, -0.2) is 0 Å². The highest BCUT2D eigenvalue weighted by Crippen LogP contribution is 2.30. The molecular formula is C43H81NO13. The Hall–Kier alpha value is -1.27. The van der Waals surface area contributed by atoms with Crippen molar-refractivity contribution >= 4 is 5.91 Å². The molecule has 336 valence electrons. The van der Waals surface area contributed by atoms with E-state index in [0.29, 0.717) is 6.42 Å². The molecule has 12 unspecified atom stereocenters. The van der Waals surface area contributed by atoms with Crippen molar-refractivity contribution in [3.63, 3.8) is 0 Å². The molecular weight excluding hydrogens is 738 g/mol. The number of rotatable bonds is 33. The minimum atomic E-state index is -1.78. The molecule has 0 spiro atoms. The first kappa shape index (κ1) is 51.9. The van der Waals surface area contributed by atoms with Gasteiger partial charge in [-0.2, -0.15) is 0 Å². The van der Waals surface area contributed by atoms with Crippen molar-refractivity contribution in [2.75, 3.05) is 19.8 Å². The summed E-state index contributed by atoms with van der Waals surface area (Å²) in [5.41, 5.74) is 0. The molecule has 0 saturated carbocycles. The normalized spacial score (nSPS) is 29.2. The Morgan fingerprint density at radius 2 is 1.09 bits per heavy atom. The van der Waals surface area contributed by atoms with Gasteiger partial charge in [0.15, 0.2) is 12.6 Å². The summed E-state index contributed by atoms with van der Waals surface area (Å²) in [7, 11) is 0. The Morgan fingerprint density at radius 1 is 0.614 bits per heavy atom. The van der Waals surface area contributed by atoms with Crippen LogP contribution in [0.2, 0.25) is 0 Å². The van der Waals surface area contributed by atoms with Gasteiger partial charge in [-0.15, -0.1) is 0 Å². The lowest BCUT2D eigenvalue weighted by molar-refractivity contribution is -0.359. The van der Waals surface area contributed by atoms with Gasteiger partial charge >= 0.3 is 0 Å². The van der Waals surface area contributed by atoms with E-state index < -0.39 is 86.8 Å². The van der Waals surface area contributed by atoms with Gasteiger partial charge in [-0.05, 0) is 19.3 Å². The number of ether oxygens (including phenoxy) is 4. The molecule has 12 atom stereocenters. The van der Waals surface area contributed by atoms with E-state index in [1.54, 1.807) is 6.08 Å². The van der Waals surface area contributed by atoms with Crippen LogP contribution in [-0.4, -0.2) is 140 Å². The van der Waals surface area contributed by atoms with Crippen molar-refractivity contribution in [3.8, 4) is 0 Å². The number of carbonyl (C=O) groups is 1. The van der Waals surface area contributed by atoms with E-state index in [-0.39, 0.29) is 18.9 Å². The minimum absolute atomic E-state index is 0.250. The van der Waals surface area contributed by atoms with Crippen LogP contribution >= 0.6 is 0 Å². The zero-order valence-corrected chi connectivity index (χ0v) is 35.1. The number of allylic oxidation sites excluding steroid dienone is 1. The highest BCUT2D eigenvalue weighted by molar-refractivity contribution is 5.76. The van der Waals surface area contributed by atoms with Crippen LogP contribution in [0.1, 0.15) is 162 Å². The number of hydrogen-bond donors (Lipinski definition) is 9. The standard InChI is InChI=1S/C43H81NO13/c1-3-5-7-9-11-12-13-14-15-16-17-18-19-20-21-22-24-26-32(47)31(44-35(48)27-25-23-10-8-6-4-2)30-54-42-40(53)38(51)41(34(29-46)56-42)57-43-39(52)37(50)36(49)33(28-45)55-43/h24,26,31-34,36-43,45-47,49-53H,3-23,25,27-30H2,1-2H3,(H,44,48)/b26-24+. The summed E-state index contributed by atoms with van der Waals surface area (Å²) in [6, 6.07) is -0.904. The maximum Gasteiger partial charge on any atom is 0.220 e. The molecule has 0 aliphatic carbocycles. The summed E-state index contributed by atoms with van der Waals surface area (Å²) in [5, 5.41) is 86.2. The fourth-order valence-corrected chi connectivity index (χ4v) is 7.47. The van der Waals surface area contributed by atoms with Crippen LogP contribution in [0.25, 0.3) is 0 Å². The molecule has 0 aromatic rings. The first-order chi connectivity index (χ1) is 27.6. The summed E-state index contributed by atoms with van der Waals surface area (Å²) in [4.78, 5) is 12.9. The van der Waals surface area contributed by atoms with E-state index in [1.807, 2.05) is 6.08 Å². The van der Waals surface area contributed by atoms with Gasteiger partial charge in [0.1, 0.15) is 48.8 Å². The lowest BCUT2D eigenvalue weighted by Gasteiger charge is -2.46. The van der Waals surface area contributed by atoms with Crippen LogP contribution in [0.4, 0.5) is 0 Å². The maximum absolute atomic E-state index is 12.9. The molecule has 2 aliphatic rings. The van der Waals surface area contributed by atoms with Crippen LogP contribution in [0.15, 0.2) is 12.2 Å².